The minimum atomic E-state index is -0.819. The Hall–Kier alpha value is -2.02. The van der Waals surface area contributed by atoms with Gasteiger partial charge in [-0.2, -0.15) is 0 Å². The van der Waals surface area contributed by atoms with Gasteiger partial charge in [-0.3, -0.25) is 9.59 Å². The van der Waals surface area contributed by atoms with Crippen molar-refractivity contribution in [2.45, 2.75) is 39.2 Å². The van der Waals surface area contributed by atoms with E-state index in [1.807, 2.05) is 20.8 Å². The lowest BCUT2D eigenvalue weighted by atomic mass is 9.90. The zero-order valence-corrected chi connectivity index (χ0v) is 14.8. The summed E-state index contributed by atoms with van der Waals surface area (Å²) < 4.78 is 27.0. The number of anilines is 1. The third-order valence-corrected chi connectivity index (χ3v) is 4.43. The lowest BCUT2D eigenvalue weighted by Crippen LogP contribution is -2.54. The van der Waals surface area contributed by atoms with Gasteiger partial charge in [0.2, 0.25) is 11.8 Å². The first kappa shape index (κ1) is 19.3. The van der Waals surface area contributed by atoms with Crippen molar-refractivity contribution in [1.82, 2.24) is 5.32 Å². The second kappa shape index (κ2) is 7.47. The lowest BCUT2D eigenvalue weighted by Gasteiger charge is -2.32. The fourth-order valence-electron chi connectivity index (χ4n) is 3.30. The number of nitrogens with one attached hydrogen (secondary N) is 1. The zero-order chi connectivity index (χ0) is 18.8. The Labute approximate surface area is 146 Å². The fourth-order valence-corrected chi connectivity index (χ4v) is 3.30. The van der Waals surface area contributed by atoms with Crippen molar-refractivity contribution in [2.75, 3.05) is 18.0 Å². The third-order valence-electron chi connectivity index (χ3n) is 4.43. The molecule has 2 rings (SSSR count). The molecule has 2 amide bonds. The van der Waals surface area contributed by atoms with Gasteiger partial charge in [0.15, 0.2) is 0 Å². The molecule has 25 heavy (non-hydrogen) atoms. The number of rotatable bonds is 6. The van der Waals surface area contributed by atoms with Crippen molar-refractivity contribution in [1.29, 1.82) is 0 Å². The van der Waals surface area contributed by atoms with Crippen LogP contribution in [-0.2, 0) is 9.59 Å². The second-order valence-electron chi connectivity index (χ2n) is 7.35. The molecular formula is C18H25F2N3O2. The summed E-state index contributed by atoms with van der Waals surface area (Å²) in [7, 11) is 0. The largest absolute Gasteiger partial charge is 0.349 e. The molecule has 0 bridgehead atoms. The number of nitrogens with two attached hydrogens (primary N) is 1. The van der Waals surface area contributed by atoms with Crippen LogP contribution < -0.4 is 16.0 Å². The topological polar surface area (TPSA) is 75.4 Å². The smallest absolute Gasteiger partial charge is 0.227 e. The number of amides is 2. The number of hydrogen-bond donors (Lipinski definition) is 2. The zero-order valence-electron chi connectivity index (χ0n) is 14.8. The molecule has 0 saturated carbocycles. The Morgan fingerprint density at radius 3 is 2.68 bits per heavy atom. The average Bonchev–Trinajstić information content (AvgIpc) is 2.88. The minimum Gasteiger partial charge on any atom is -0.349 e. The molecular weight excluding hydrogens is 328 g/mol. The van der Waals surface area contributed by atoms with E-state index < -0.39 is 23.1 Å². The molecule has 3 N–H and O–H groups in total. The Morgan fingerprint density at radius 2 is 2.12 bits per heavy atom. The van der Waals surface area contributed by atoms with Gasteiger partial charge in [0.1, 0.15) is 11.6 Å². The SMILES string of the molecule is CC(C)CC(C)(CN)NC(=O)C1CC(=O)N(c2ccc(F)cc2F)C1. The van der Waals surface area contributed by atoms with Crippen LogP contribution in [0.3, 0.4) is 0 Å². The number of carbonyl (C=O) groups excluding carboxylic acids is 2. The van der Waals surface area contributed by atoms with Gasteiger partial charge in [-0.1, -0.05) is 13.8 Å². The predicted molar refractivity (Wildman–Crippen MR) is 91.9 cm³/mol. The van der Waals surface area contributed by atoms with Gasteiger partial charge in [-0.05, 0) is 31.4 Å². The molecule has 0 aliphatic carbocycles. The first-order valence-electron chi connectivity index (χ1n) is 8.42. The van der Waals surface area contributed by atoms with Crippen LogP contribution in [0.25, 0.3) is 0 Å². The van der Waals surface area contributed by atoms with Crippen molar-refractivity contribution >= 4 is 17.5 Å². The Balaban J connectivity index is 2.10. The second-order valence-corrected chi connectivity index (χ2v) is 7.35. The van der Waals surface area contributed by atoms with Gasteiger partial charge in [0.05, 0.1) is 11.6 Å². The molecule has 0 aromatic heterocycles. The standard InChI is InChI=1S/C18H25F2N3O2/c1-11(2)8-18(3,10-21)22-17(25)12-6-16(24)23(9-12)15-5-4-13(19)7-14(15)20/h4-5,7,11-12H,6,8-10,21H2,1-3H3,(H,22,25). The van der Waals surface area contributed by atoms with E-state index in [0.29, 0.717) is 12.3 Å². The molecule has 138 valence electrons. The van der Waals surface area contributed by atoms with E-state index in [2.05, 4.69) is 5.32 Å². The number of hydrogen-bond acceptors (Lipinski definition) is 3. The quantitative estimate of drug-likeness (QED) is 0.823. The summed E-state index contributed by atoms with van der Waals surface area (Å²) in [4.78, 5) is 26.0. The normalized spacial score (nSPS) is 20.0. The van der Waals surface area contributed by atoms with E-state index in [-0.39, 0.29) is 37.0 Å². The molecule has 1 fully saturated rings. The molecule has 1 aliphatic heterocycles. The highest BCUT2D eigenvalue weighted by Gasteiger charge is 2.38. The van der Waals surface area contributed by atoms with Crippen LogP contribution in [0.1, 0.15) is 33.6 Å². The van der Waals surface area contributed by atoms with E-state index in [4.69, 9.17) is 5.73 Å². The number of halogens is 2. The van der Waals surface area contributed by atoms with E-state index >= 15 is 0 Å². The van der Waals surface area contributed by atoms with E-state index in [1.165, 1.54) is 11.0 Å². The summed E-state index contributed by atoms with van der Waals surface area (Å²) in [6, 6.07) is 3.03. The van der Waals surface area contributed by atoms with Crippen LogP contribution in [0.5, 0.6) is 0 Å². The summed E-state index contributed by atoms with van der Waals surface area (Å²) in [6.45, 7) is 6.30. The first-order chi connectivity index (χ1) is 11.6. The predicted octanol–water partition coefficient (Wildman–Crippen LogP) is 2.20. The number of benzene rings is 1. The highest BCUT2D eigenvalue weighted by Crippen LogP contribution is 2.28. The highest BCUT2D eigenvalue weighted by molar-refractivity contribution is 6.00. The number of nitrogens with zero attached hydrogens (tertiary/aromatic N) is 1. The summed E-state index contributed by atoms with van der Waals surface area (Å²) >= 11 is 0. The van der Waals surface area contributed by atoms with Gasteiger partial charge in [-0.25, -0.2) is 8.78 Å². The monoisotopic (exact) mass is 353 g/mol. The van der Waals surface area contributed by atoms with Crippen LogP contribution in [-0.4, -0.2) is 30.4 Å². The van der Waals surface area contributed by atoms with Gasteiger partial charge >= 0.3 is 0 Å². The van der Waals surface area contributed by atoms with E-state index in [9.17, 15) is 18.4 Å². The summed E-state index contributed by atoms with van der Waals surface area (Å²) in [6.07, 6.45) is 0.706. The first-order valence-corrected chi connectivity index (χ1v) is 8.42. The van der Waals surface area contributed by atoms with E-state index in [1.54, 1.807) is 0 Å². The highest BCUT2D eigenvalue weighted by atomic mass is 19.1. The molecule has 1 aliphatic rings. The minimum absolute atomic E-state index is 0.00883. The molecule has 2 unspecified atom stereocenters. The van der Waals surface area contributed by atoms with Crippen LogP contribution >= 0.6 is 0 Å². The molecule has 0 spiro atoms. The molecule has 1 aromatic carbocycles. The van der Waals surface area contributed by atoms with Crippen molar-refractivity contribution in [3.8, 4) is 0 Å². The summed E-state index contributed by atoms with van der Waals surface area (Å²) in [5.41, 5.74) is 5.24. The van der Waals surface area contributed by atoms with Gasteiger partial charge < -0.3 is 16.0 Å². The summed E-state index contributed by atoms with van der Waals surface area (Å²) in [5.74, 6) is -2.40. The van der Waals surface area contributed by atoms with Crippen molar-refractivity contribution in [3.05, 3.63) is 29.8 Å². The Kier molecular flexibility index (Phi) is 5.77. The molecule has 1 heterocycles. The van der Waals surface area contributed by atoms with Crippen molar-refractivity contribution in [3.63, 3.8) is 0 Å². The number of carbonyl (C=O) groups is 2. The van der Waals surface area contributed by atoms with Crippen LogP contribution in [0.2, 0.25) is 0 Å². The maximum Gasteiger partial charge on any atom is 0.227 e. The fraction of sp³-hybridized carbons (Fsp3) is 0.556. The maximum atomic E-state index is 13.9. The van der Waals surface area contributed by atoms with Crippen LogP contribution in [0, 0.1) is 23.5 Å². The van der Waals surface area contributed by atoms with Crippen molar-refractivity contribution < 1.29 is 18.4 Å². The third kappa shape index (κ3) is 4.54. The molecule has 7 heteroatoms. The Morgan fingerprint density at radius 1 is 1.44 bits per heavy atom. The molecule has 2 atom stereocenters. The molecule has 1 saturated heterocycles. The van der Waals surface area contributed by atoms with E-state index in [0.717, 1.165) is 12.1 Å². The van der Waals surface area contributed by atoms with Gasteiger partial charge in [0.25, 0.3) is 0 Å². The molecule has 0 radical (unpaired) electrons. The van der Waals surface area contributed by atoms with Gasteiger partial charge in [0, 0.05) is 31.1 Å². The lowest BCUT2D eigenvalue weighted by molar-refractivity contribution is -0.128. The van der Waals surface area contributed by atoms with Crippen LogP contribution in [0.4, 0.5) is 14.5 Å². The molecule has 5 nitrogen and oxygen atoms in total. The van der Waals surface area contributed by atoms with Crippen molar-refractivity contribution in [2.24, 2.45) is 17.6 Å². The Bertz CT molecular complexity index is 666. The molecule has 1 aromatic rings. The van der Waals surface area contributed by atoms with Gasteiger partial charge in [-0.15, -0.1) is 0 Å². The maximum absolute atomic E-state index is 13.9. The van der Waals surface area contributed by atoms with Crippen LogP contribution in [0.15, 0.2) is 18.2 Å². The summed E-state index contributed by atoms with van der Waals surface area (Å²) in [5, 5.41) is 2.94. The average molecular weight is 353 g/mol.